The quantitative estimate of drug-likeness (QED) is 0.538. The molecule has 1 atom stereocenters. The number of H-pyrrole nitrogens is 1. The molecule has 5 heteroatoms. The van der Waals surface area contributed by atoms with E-state index in [1.165, 1.54) is 12.1 Å². The summed E-state index contributed by atoms with van der Waals surface area (Å²) in [5.74, 6) is 0.529. The number of benzene rings is 2. The number of nitrogens with one attached hydrogen (secondary N) is 1. The Morgan fingerprint density at radius 3 is 2.81 bits per heavy atom. The van der Waals surface area contributed by atoms with E-state index in [9.17, 15) is 4.39 Å². The molecule has 2 aromatic carbocycles. The van der Waals surface area contributed by atoms with Crippen LogP contribution in [-0.4, -0.2) is 22.6 Å². The zero-order valence-electron chi connectivity index (χ0n) is 14.7. The van der Waals surface area contributed by atoms with Gasteiger partial charge in [-0.2, -0.15) is 0 Å². The second-order valence-electron chi connectivity index (χ2n) is 6.57. The van der Waals surface area contributed by atoms with Gasteiger partial charge in [0.05, 0.1) is 5.52 Å². The Morgan fingerprint density at radius 2 is 1.93 bits per heavy atom. The van der Waals surface area contributed by atoms with Crippen molar-refractivity contribution in [3.8, 4) is 16.9 Å². The number of nitrogens with two attached hydrogens (primary N) is 1. The molecule has 4 rings (SSSR count). The molecule has 3 N–H and O–H groups in total. The largest absolute Gasteiger partial charge is 0.490 e. The molecule has 0 aliphatic rings. The van der Waals surface area contributed by atoms with Gasteiger partial charge in [-0.05, 0) is 47.9 Å². The van der Waals surface area contributed by atoms with Crippen molar-refractivity contribution < 1.29 is 9.13 Å². The standard InChI is InChI=1S/C22H20FN3O/c23-19-5-1-4-17(11-19)18-9-15(12-25-13-18)10-20(24)14-27-21-6-2-3-16-7-8-26-22(16)21/h1-9,11-13,20,26H,10,14,24H2. The van der Waals surface area contributed by atoms with Gasteiger partial charge in [-0.3, -0.25) is 4.98 Å². The molecule has 2 aromatic heterocycles. The molecule has 0 fully saturated rings. The third-order valence-electron chi connectivity index (χ3n) is 4.45. The van der Waals surface area contributed by atoms with Gasteiger partial charge >= 0.3 is 0 Å². The van der Waals surface area contributed by atoms with E-state index in [1.54, 1.807) is 18.5 Å². The molecule has 0 spiro atoms. The summed E-state index contributed by atoms with van der Waals surface area (Å²) in [6.45, 7) is 0.391. The number of hydrogen-bond acceptors (Lipinski definition) is 3. The van der Waals surface area contributed by atoms with Crippen LogP contribution in [0.2, 0.25) is 0 Å². The van der Waals surface area contributed by atoms with E-state index in [2.05, 4.69) is 9.97 Å². The molecule has 1 unspecified atom stereocenters. The Balaban J connectivity index is 1.43. The highest BCUT2D eigenvalue weighted by Gasteiger charge is 2.09. The Hall–Kier alpha value is -3.18. The molecule has 0 amide bonds. The van der Waals surface area contributed by atoms with Gasteiger partial charge in [-0.15, -0.1) is 0 Å². The summed E-state index contributed by atoms with van der Waals surface area (Å²) in [6, 6.07) is 16.2. The number of hydrogen-bond donors (Lipinski definition) is 2. The predicted octanol–water partition coefficient (Wildman–Crippen LogP) is 4.32. The van der Waals surface area contributed by atoms with E-state index in [4.69, 9.17) is 10.5 Å². The van der Waals surface area contributed by atoms with Gasteiger partial charge in [0.15, 0.2) is 0 Å². The summed E-state index contributed by atoms with van der Waals surface area (Å²) < 4.78 is 19.4. The molecule has 136 valence electrons. The molecular weight excluding hydrogens is 341 g/mol. The Bertz CT molecular complexity index is 1060. The smallest absolute Gasteiger partial charge is 0.143 e. The first kappa shape index (κ1) is 17.2. The van der Waals surface area contributed by atoms with Gasteiger partial charge in [0.25, 0.3) is 0 Å². The third-order valence-corrected chi connectivity index (χ3v) is 4.45. The Labute approximate surface area is 156 Å². The maximum atomic E-state index is 13.5. The van der Waals surface area contributed by atoms with Gasteiger partial charge in [-0.1, -0.05) is 24.3 Å². The van der Waals surface area contributed by atoms with Crippen molar-refractivity contribution >= 4 is 10.9 Å². The number of aromatic nitrogens is 2. The fourth-order valence-electron chi connectivity index (χ4n) is 3.16. The minimum atomic E-state index is -0.263. The number of fused-ring (bicyclic) bond motifs is 1. The zero-order chi connectivity index (χ0) is 18.6. The number of para-hydroxylation sites is 1. The van der Waals surface area contributed by atoms with Crippen LogP contribution in [0.15, 0.2) is 73.2 Å². The lowest BCUT2D eigenvalue weighted by Gasteiger charge is -2.14. The van der Waals surface area contributed by atoms with Crippen molar-refractivity contribution in [3.05, 3.63) is 84.6 Å². The van der Waals surface area contributed by atoms with Crippen LogP contribution >= 0.6 is 0 Å². The highest BCUT2D eigenvalue weighted by atomic mass is 19.1. The Kier molecular flexibility index (Phi) is 4.85. The first-order valence-electron chi connectivity index (χ1n) is 8.83. The van der Waals surface area contributed by atoms with E-state index >= 15 is 0 Å². The van der Waals surface area contributed by atoms with Crippen molar-refractivity contribution in [1.29, 1.82) is 0 Å². The molecule has 0 radical (unpaired) electrons. The van der Waals surface area contributed by atoms with Crippen LogP contribution in [0, 0.1) is 5.82 Å². The van der Waals surface area contributed by atoms with Crippen molar-refractivity contribution in [2.75, 3.05) is 6.61 Å². The van der Waals surface area contributed by atoms with Gasteiger partial charge in [0.2, 0.25) is 0 Å². The van der Waals surface area contributed by atoms with Crippen LogP contribution in [-0.2, 0) is 6.42 Å². The first-order valence-corrected chi connectivity index (χ1v) is 8.83. The number of nitrogens with zero attached hydrogens (tertiary/aromatic N) is 1. The highest BCUT2D eigenvalue weighted by Crippen LogP contribution is 2.24. The van der Waals surface area contributed by atoms with E-state index < -0.39 is 0 Å². The van der Waals surface area contributed by atoms with Crippen molar-refractivity contribution in [2.45, 2.75) is 12.5 Å². The maximum Gasteiger partial charge on any atom is 0.143 e. The lowest BCUT2D eigenvalue weighted by atomic mass is 10.0. The van der Waals surface area contributed by atoms with E-state index in [1.807, 2.05) is 42.6 Å². The molecule has 2 heterocycles. The number of rotatable bonds is 6. The molecular formula is C22H20FN3O. The number of ether oxygens (including phenoxy) is 1. The topological polar surface area (TPSA) is 63.9 Å². The van der Waals surface area contributed by atoms with Crippen LogP contribution in [0.25, 0.3) is 22.0 Å². The van der Waals surface area contributed by atoms with E-state index in [-0.39, 0.29) is 11.9 Å². The third kappa shape index (κ3) is 3.99. The second kappa shape index (κ2) is 7.60. The molecule has 0 aliphatic carbocycles. The van der Waals surface area contributed by atoms with Gasteiger partial charge < -0.3 is 15.5 Å². The monoisotopic (exact) mass is 361 g/mol. The predicted molar refractivity (Wildman–Crippen MR) is 105 cm³/mol. The van der Waals surface area contributed by atoms with Gasteiger partial charge in [0, 0.05) is 35.6 Å². The summed E-state index contributed by atoms with van der Waals surface area (Å²) in [7, 11) is 0. The van der Waals surface area contributed by atoms with Crippen LogP contribution in [0.3, 0.4) is 0 Å². The van der Waals surface area contributed by atoms with Crippen LogP contribution in [0.5, 0.6) is 5.75 Å². The van der Waals surface area contributed by atoms with Crippen molar-refractivity contribution in [1.82, 2.24) is 9.97 Å². The number of halogens is 1. The zero-order valence-corrected chi connectivity index (χ0v) is 14.7. The van der Waals surface area contributed by atoms with Crippen molar-refractivity contribution in [3.63, 3.8) is 0 Å². The molecule has 4 aromatic rings. The normalized spacial score (nSPS) is 12.2. The van der Waals surface area contributed by atoms with E-state index in [0.717, 1.165) is 33.3 Å². The molecule has 27 heavy (non-hydrogen) atoms. The van der Waals surface area contributed by atoms with Crippen molar-refractivity contribution in [2.24, 2.45) is 5.73 Å². The maximum absolute atomic E-state index is 13.5. The summed E-state index contributed by atoms with van der Waals surface area (Å²) in [4.78, 5) is 7.46. The lowest BCUT2D eigenvalue weighted by molar-refractivity contribution is 0.290. The molecule has 0 saturated heterocycles. The fourth-order valence-corrected chi connectivity index (χ4v) is 3.16. The average molecular weight is 361 g/mol. The van der Waals surface area contributed by atoms with Gasteiger partial charge in [0.1, 0.15) is 18.2 Å². The lowest BCUT2D eigenvalue weighted by Crippen LogP contribution is -2.30. The minimum absolute atomic E-state index is 0.181. The molecule has 4 nitrogen and oxygen atoms in total. The summed E-state index contributed by atoms with van der Waals surface area (Å²) in [5, 5.41) is 1.10. The van der Waals surface area contributed by atoms with Crippen LogP contribution < -0.4 is 10.5 Å². The molecule has 0 saturated carbocycles. The second-order valence-corrected chi connectivity index (χ2v) is 6.57. The SMILES string of the molecule is NC(COc1cccc2cc[nH]c12)Cc1cncc(-c2cccc(F)c2)c1. The number of aromatic amines is 1. The van der Waals surface area contributed by atoms with Gasteiger partial charge in [-0.25, -0.2) is 4.39 Å². The molecule has 0 aliphatic heterocycles. The highest BCUT2D eigenvalue weighted by molar-refractivity contribution is 5.85. The molecule has 0 bridgehead atoms. The average Bonchev–Trinajstić information content (AvgIpc) is 3.16. The van der Waals surface area contributed by atoms with Crippen LogP contribution in [0.1, 0.15) is 5.56 Å². The fraction of sp³-hybridized carbons (Fsp3) is 0.136. The Morgan fingerprint density at radius 1 is 1.04 bits per heavy atom. The van der Waals surface area contributed by atoms with E-state index in [0.29, 0.717) is 13.0 Å². The summed E-state index contributed by atoms with van der Waals surface area (Å²) >= 11 is 0. The van der Waals surface area contributed by atoms with Crippen LogP contribution in [0.4, 0.5) is 4.39 Å². The first-order chi connectivity index (χ1) is 13.2. The minimum Gasteiger partial charge on any atom is -0.490 e. The summed E-state index contributed by atoms with van der Waals surface area (Å²) in [5.41, 5.74) is 9.90. The summed E-state index contributed by atoms with van der Waals surface area (Å²) in [6.07, 6.45) is 6.03. The number of pyridine rings is 1.